The summed E-state index contributed by atoms with van der Waals surface area (Å²) in [6.45, 7) is 0.727. The summed E-state index contributed by atoms with van der Waals surface area (Å²) in [5.74, 6) is 1.72. The third kappa shape index (κ3) is 3.39. The Kier molecular flexibility index (Phi) is 4.88. The SMILES string of the molecule is COc1ccc(CCCN)cc1OC1CCCC1. The van der Waals surface area contributed by atoms with Gasteiger partial charge in [0.2, 0.25) is 0 Å². The van der Waals surface area contributed by atoms with Crippen LogP contribution in [0.1, 0.15) is 37.7 Å². The van der Waals surface area contributed by atoms with Crippen LogP contribution in [0.25, 0.3) is 0 Å². The zero-order valence-corrected chi connectivity index (χ0v) is 11.2. The van der Waals surface area contributed by atoms with Crippen molar-refractivity contribution in [3.05, 3.63) is 23.8 Å². The van der Waals surface area contributed by atoms with E-state index in [1.807, 2.05) is 6.07 Å². The van der Waals surface area contributed by atoms with Crippen molar-refractivity contribution in [2.45, 2.75) is 44.6 Å². The molecule has 0 bridgehead atoms. The van der Waals surface area contributed by atoms with Gasteiger partial charge in [0.1, 0.15) is 0 Å². The Morgan fingerprint density at radius 3 is 2.67 bits per heavy atom. The van der Waals surface area contributed by atoms with Crippen molar-refractivity contribution in [1.82, 2.24) is 0 Å². The van der Waals surface area contributed by atoms with E-state index in [-0.39, 0.29) is 0 Å². The van der Waals surface area contributed by atoms with Crippen molar-refractivity contribution in [1.29, 1.82) is 0 Å². The van der Waals surface area contributed by atoms with Crippen LogP contribution in [0.15, 0.2) is 18.2 Å². The number of aryl methyl sites for hydroxylation is 1. The Bertz CT molecular complexity index is 373. The summed E-state index contributed by atoms with van der Waals surface area (Å²) in [4.78, 5) is 0. The summed E-state index contributed by atoms with van der Waals surface area (Å²) in [6, 6.07) is 6.19. The Balaban J connectivity index is 2.08. The van der Waals surface area contributed by atoms with E-state index in [0.717, 1.165) is 43.7 Å². The van der Waals surface area contributed by atoms with Crippen molar-refractivity contribution in [2.75, 3.05) is 13.7 Å². The van der Waals surface area contributed by atoms with E-state index in [1.54, 1.807) is 7.11 Å². The lowest BCUT2D eigenvalue weighted by Gasteiger charge is -2.16. The average molecular weight is 249 g/mol. The molecule has 3 nitrogen and oxygen atoms in total. The van der Waals surface area contributed by atoms with Gasteiger partial charge < -0.3 is 15.2 Å². The van der Waals surface area contributed by atoms with Crippen LogP contribution < -0.4 is 15.2 Å². The van der Waals surface area contributed by atoms with Crippen molar-refractivity contribution < 1.29 is 9.47 Å². The van der Waals surface area contributed by atoms with Crippen LogP contribution in [-0.2, 0) is 6.42 Å². The molecule has 0 amide bonds. The number of hydrogen-bond donors (Lipinski definition) is 1. The van der Waals surface area contributed by atoms with Gasteiger partial charge in [0.25, 0.3) is 0 Å². The third-order valence-corrected chi connectivity index (χ3v) is 3.49. The van der Waals surface area contributed by atoms with Gasteiger partial charge >= 0.3 is 0 Å². The fraction of sp³-hybridized carbons (Fsp3) is 0.600. The smallest absolute Gasteiger partial charge is 0.161 e. The van der Waals surface area contributed by atoms with E-state index in [0.29, 0.717) is 6.10 Å². The molecule has 2 rings (SSSR count). The van der Waals surface area contributed by atoms with Crippen LogP contribution in [0.2, 0.25) is 0 Å². The Labute approximate surface area is 109 Å². The van der Waals surface area contributed by atoms with Gasteiger partial charge in [0.05, 0.1) is 13.2 Å². The van der Waals surface area contributed by atoms with Gasteiger partial charge in [0, 0.05) is 0 Å². The second-order valence-corrected chi connectivity index (χ2v) is 4.90. The normalized spacial score (nSPS) is 15.9. The zero-order chi connectivity index (χ0) is 12.8. The number of ether oxygens (including phenoxy) is 2. The lowest BCUT2D eigenvalue weighted by Crippen LogP contribution is -2.11. The summed E-state index contributed by atoms with van der Waals surface area (Å²) >= 11 is 0. The molecule has 1 saturated carbocycles. The predicted octanol–water partition coefficient (Wildman–Crippen LogP) is 2.91. The van der Waals surface area contributed by atoms with Gasteiger partial charge in [-0.2, -0.15) is 0 Å². The molecule has 0 heterocycles. The molecule has 0 unspecified atom stereocenters. The fourth-order valence-electron chi connectivity index (χ4n) is 2.46. The first kappa shape index (κ1) is 13.2. The molecular weight excluding hydrogens is 226 g/mol. The van der Waals surface area contributed by atoms with Crippen LogP contribution in [-0.4, -0.2) is 19.8 Å². The molecule has 2 N–H and O–H groups in total. The molecule has 0 spiro atoms. The van der Waals surface area contributed by atoms with Gasteiger partial charge in [-0.25, -0.2) is 0 Å². The summed E-state index contributed by atoms with van der Waals surface area (Å²) in [7, 11) is 1.69. The van der Waals surface area contributed by atoms with Crippen LogP contribution in [0.5, 0.6) is 11.5 Å². The van der Waals surface area contributed by atoms with Crippen molar-refractivity contribution in [3.63, 3.8) is 0 Å². The highest BCUT2D eigenvalue weighted by molar-refractivity contribution is 5.43. The fourth-order valence-corrected chi connectivity index (χ4v) is 2.46. The molecule has 1 aliphatic carbocycles. The second-order valence-electron chi connectivity index (χ2n) is 4.90. The topological polar surface area (TPSA) is 44.5 Å². The number of methoxy groups -OCH3 is 1. The Hall–Kier alpha value is -1.22. The summed E-state index contributed by atoms with van der Waals surface area (Å²) in [5.41, 5.74) is 6.82. The maximum absolute atomic E-state index is 6.06. The Morgan fingerprint density at radius 2 is 2.00 bits per heavy atom. The zero-order valence-electron chi connectivity index (χ0n) is 11.2. The molecule has 100 valence electrons. The number of hydrogen-bond acceptors (Lipinski definition) is 3. The molecule has 18 heavy (non-hydrogen) atoms. The average Bonchev–Trinajstić information content (AvgIpc) is 2.89. The number of rotatable bonds is 6. The van der Waals surface area contributed by atoms with E-state index in [9.17, 15) is 0 Å². The first-order valence-electron chi connectivity index (χ1n) is 6.87. The van der Waals surface area contributed by atoms with Crippen LogP contribution in [0.4, 0.5) is 0 Å². The highest BCUT2D eigenvalue weighted by Gasteiger charge is 2.18. The standard InChI is InChI=1S/C15H23NO2/c1-17-14-9-8-12(5-4-10-16)11-15(14)18-13-6-2-3-7-13/h8-9,11,13H,2-7,10,16H2,1H3. The molecule has 0 radical (unpaired) electrons. The molecule has 0 saturated heterocycles. The summed E-state index contributed by atoms with van der Waals surface area (Å²) in [5, 5.41) is 0. The molecule has 0 aromatic heterocycles. The minimum Gasteiger partial charge on any atom is -0.493 e. The summed E-state index contributed by atoms with van der Waals surface area (Å²) < 4.78 is 11.4. The first-order chi connectivity index (χ1) is 8.83. The second kappa shape index (κ2) is 6.64. The monoisotopic (exact) mass is 249 g/mol. The van der Waals surface area contributed by atoms with Crippen LogP contribution in [0.3, 0.4) is 0 Å². The third-order valence-electron chi connectivity index (χ3n) is 3.49. The predicted molar refractivity (Wildman–Crippen MR) is 73.3 cm³/mol. The molecule has 1 aliphatic rings. The minimum absolute atomic E-state index is 0.364. The van der Waals surface area contributed by atoms with E-state index in [4.69, 9.17) is 15.2 Å². The van der Waals surface area contributed by atoms with Crippen molar-refractivity contribution in [3.8, 4) is 11.5 Å². The maximum atomic E-state index is 6.06. The molecule has 1 fully saturated rings. The molecule has 1 aromatic rings. The van der Waals surface area contributed by atoms with Crippen molar-refractivity contribution in [2.24, 2.45) is 5.73 Å². The van der Waals surface area contributed by atoms with Crippen LogP contribution >= 0.6 is 0 Å². The van der Waals surface area contributed by atoms with Gasteiger partial charge in [-0.05, 0) is 62.8 Å². The minimum atomic E-state index is 0.364. The van der Waals surface area contributed by atoms with E-state index in [2.05, 4.69) is 12.1 Å². The molecule has 0 aliphatic heterocycles. The van der Waals surface area contributed by atoms with E-state index < -0.39 is 0 Å². The van der Waals surface area contributed by atoms with Gasteiger partial charge in [-0.15, -0.1) is 0 Å². The lowest BCUT2D eigenvalue weighted by molar-refractivity contribution is 0.200. The number of benzene rings is 1. The van der Waals surface area contributed by atoms with E-state index in [1.165, 1.54) is 18.4 Å². The summed E-state index contributed by atoms with van der Waals surface area (Å²) in [6.07, 6.45) is 7.26. The van der Waals surface area contributed by atoms with Crippen LogP contribution in [0, 0.1) is 0 Å². The maximum Gasteiger partial charge on any atom is 0.161 e. The van der Waals surface area contributed by atoms with Gasteiger partial charge in [0.15, 0.2) is 11.5 Å². The first-order valence-corrected chi connectivity index (χ1v) is 6.87. The lowest BCUT2D eigenvalue weighted by atomic mass is 10.1. The molecule has 3 heteroatoms. The number of nitrogens with two attached hydrogens (primary N) is 1. The highest BCUT2D eigenvalue weighted by Crippen LogP contribution is 2.32. The molecule has 1 aromatic carbocycles. The Morgan fingerprint density at radius 1 is 1.22 bits per heavy atom. The van der Waals surface area contributed by atoms with Crippen molar-refractivity contribution >= 4 is 0 Å². The largest absolute Gasteiger partial charge is 0.493 e. The van der Waals surface area contributed by atoms with Gasteiger partial charge in [-0.3, -0.25) is 0 Å². The quantitative estimate of drug-likeness (QED) is 0.843. The van der Waals surface area contributed by atoms with Gasteiger partial charge in [-0.1, -0.05) is 6.07 Å². The molecule has 0 atom stereocenters. The highest BCUT2D eigenvalue weighted by atomic mass is 16.5. The van der Waals surface area contributed by atoms with E-state index >= 15 is 0 Å². The molecular formula is C15H23NO2.